The van der Waals surface area contributed by atoms with Crippen molar-refractivity contribution in [1.82, 2.24) is 5.32 Å². The Balaban J connectivity index is 1.81. The van der Waals surface area contributed by atoms with E-state index in [-0.39, 0.29) is 24.1 Å². The minimum absolute atomic E-state index is 0.0231. The van der Waals surface area contributed by atoms with Gasteiger partial charge in [0, 0.05) is 6.54 Å². The van der Waals surface area contributed by atoms with Crippen molar-refractivity contribution < 1.29 is 19.1 Å². The Kier molecular flexibility index (Phi) is 5.71. The molecule has 0 aliphatic carbocycles. The predicted molar refractivity (Wildman–Crippen MR) is 83.7 cm³/mol. The fourth-order valence-electron chi connectivity index (χ4n) is 1.77. The lowest BCUT2D eigenvalue weighted by Crippen LogP contribution is -2.35. The molecule has 0 saturated heterocycles. The smallest absolute Gasteiger partial charge is 0.254 e. The number of furan rings is 1. The molecule has 1 unspecified atom stereocenters. The van der Waals surface area contributed by atoms with Gasteiger partial charge in [0.25, 0.3) is 5.91 Å². The standard InChI is InChI=1S/C15H15Cl2NO4/c1-9-11(5-6-21-9)15(20)18-7-10(19)8-22-13-4-2-3-12(16)14(13)17/h2-6,10,19H,7-8H2,1H3,(H,18,20). The van der Waals surface area contributed by atoms with E-state index in [1.807, 2.05) is 0 Å². The molecular weight excluding hydrogens is 329 g/mol. The van der Waals surface area contributed by atoms with Crippen LogP contribution in [0.25, 0.3) is 0 Å². The van der Waals surface area contributed by atoms with Crippen LogP contribution in [-0.2, 0) is 0 Å². The molecule has 1 heterocycles. The second-order valence-electron chi connectivity index (χ2n) is 4.62. The summed E-state index contributed by atoms with van der Waals surface area (Å²) in [5, 5.41) is 13.1. The van der Waals surface area contributed by atoms with E-state index in [0.29, 0.717) is 22.1 Å². The molecule has 0 bridgehead atoms. The topological polar surface area (TPSA) is 71.7 Å². The predicted octanol–water partition coefficient (Wildman–Crippen LogP) is 3.06. The van der Waals surface area contributed by atoms with Crippen molar-refractivity contribution in [2.45, 2.75) is 13.0 Å². The Morgan fingerprint density at radius 1 is 1.41 bits per heavy atom. The highest BCUT2D eigenvalue weighted by atomic mass is 35.5. The number of aliphatic hydroxyl groups is 1. The SMILES string of the molecule is Cc1occc1C(=O)NCC(O)COc1cccc(Cl)c1Cl. The van der Waals surface area contributed by atoms with Crippen LogP contribution in [0, 0.1) is 6.92 Å². The van der Waals surface area contributed by atoms with Gasteiger partial charge in [-0.3, -0.25) is 4.79 Å². The molecule has 0 radical (unpaired) electrons. The number of carbonyl (C=O) groups is 1. The molecule has 1 amide bonds. The number of aryl methyl sites for hydroxylation is 1. The molecule has 2 N–H and O–H groups in total. The molecule has 7 heteroatoms. The molecule has 0 saturated carbocycles. The van der Waals surface area contributed by atoms with Crippen LogP contribution in [0.15, 0.2) is 34.9 Å². The number of ether oxygens (including phenoxy) is 1. The second kappa shape index (κ2) is 7.54. The summed E-state index contributed by atoms with van der Waals surface area (Å²) >= 11 is 11.8. The van der Waals surface area contributed by atoms with E-state index in [1.54, 1.807) is 31.2 Å². The highest BCUT2D eigenvalue weighted by molar-refractivity contribution is 6.42. The molecule has 5 nitrogen and oxygen atoms in total. The van der Waals surface area contributed by atoms with Crippen molar-refractivity contribution in [3.8, 4) is 5.75 Å². The molecule has 1 aromatic carbocycles. The van der Waals surface area contributed by atoms with Crippen molar-refractivity contribution in [1.29, 1.82) is 0 Å². The van der Waals surface area contributed by atoms with Crippen molar-refractivity contribution in [3.05, 3.63) is 51.9 Å². The van der Waals surface area contributed by atoms with Crippen LogP contribution in [0.3, 0.4) is 0 Å². The first-order valence-corrected chi connectivity index (χ1v) is 7.31. The number of carbonyl (C=O) groups excluding carboxylic acids is 1. The fraction of sp³-hybridized carbons (Fsp3) is 0.267. The van der Waals surface area contributed by atoms with Crippen LogP contribution in [0.1, 0.15) is 16.1 Å². The van der Waals surface area contributed by atoms with Gasteiger partial charge < -0.3 is 19.6 Å². The van der Waals surface area contributed by atoms with Crippen molar-refractivity contribution in [2.75, 3.05) is 13.2 Å². The number of hydrogen-bond donors (Lipinski definition) is 2. The first kappa shape index (κ1) is 16.7. The first-order valence-electron chi connectivity index (χ1n) is 6.56. The zero-order valence-electron chi connectivity index (χ0n) is 11.8. The minimum atomic E-state index is -0.883. The fourth-order valence-corrected chi connectivity index (χ4v) is 2.11. The van der Waals surface area contributed by atoms with Gasteiger partial charge in [-0.25, -0.2) is 0 Å². The van der Waals surface area contributed by atoms with Crippen LogP contribution in [-0.4, -0.2) is 30.3 Å². The summed E-state index contributed by atoms with van der Waals surface area (Å²) in [6, 6.07) is 6.55. The Morgan fingerprint density at radius 3 is 2.86 bits per heavy atom. The van der Waals surface area contributed by atoms with Crippen LogP contribution in [0.5, 0.6) is 5.75 Å². The normalized spacial score (nSPS) is 12.0. The first-order chi connectivity index (χ1) is 10.5. The number of amides is 1. The zero-order valence-corrected chi connectivity index (χ0v) is 13.3. The molecule has 118 valence electrons. The van der Waals surface area contributed by atoms with Crippen LogP contribution in [0.2, 0.25) is 10.0 Å². The van der Waals surface area contributed by atoms with Crippen molar-refractivity contribution in [3.63, 3.8) is 0 Å². The van der Waals surface area contributed by atoms with E-state index in [2.05, 4.69) is 5.32 Å². The van der Waals surface area contributed by atoms with Crippen LogP contribution >= 0.6 is 23.2 Å². The number of benzene rings is 1. The summed E-state index contributed by atoms with van der Waals surface area (Å²) in [4.78, 5) is 11.8. The van der Waals surface area contributed by atoms with Crippen LogP contribution in [0.4, 0.5) is 0 Å². The van der Waals surface area contributed by atoms with Crippen molar-refractivity contribution >= 4 is 29.1 Å². The van der Waals surface area contributed by atoms with Crippen molar-refractivity contribution in [2.24, 2.45) is 0 Å². The average molecular weight is 344 g/mol. The number of rotatable bonds is 6. The maximum Gasteiger partial charge on any atom is 0.254 e. The Labute approximate surface area is 137 Å². The largest absolute Gasteiger partial charge is 0.489 e. The van der Waals surface area contributed by atoms with Gasteiger partial charge in [0.1, 0.15) is 29.2 Å². The Hall–Kier alpha value is -1.69. The minimum Gasteiger partial charge on any atom is -0.489 e. The van der Waals surface area contributed by atoms with Gasteiger partial charge in [-0.15, -0.1) is 0 Å². The van der Waals surface area contributed by atoms with Gasteiger partial charge in [0.05, 0.1) is 16.8 Å². The molecule has 0 fully saturated rings. The monoisotopic (exact) mass is 343 g/mol. The summed E-state index contributed by atoms with van der Waals surface area (Å²) in [6.45, 7) is 1.71. The number of nitrogens with one attached hydrogen (secondary N) is 1. The van der Waals surface area contributed by atoms with E-state index in [1.165, 1.54) is 6.26 Å². The molecule has 0 aliphatic rings. The summed E-state index contributed by atoms with van der Waals surface area (Å²) in [5.41, 5.74) is 0.436. The van der Waals surface area contributed by atoms with E-state index < -0.39 is 6.10 Å². The second-order valence-corrected chi connectivity index (χ2v) is 5.40. The summed E-state index contributed by atoms with van der Waals surface area (Å²) < 4.78 is 10.4. The van der Waals surface area contributed by atoms with Gasteiger partial charge in [-0.2, -0.15) is 0 Å². The third-order valence-corrected chi connectivity index (χ3v) is 3.75. The van der Waals surface area contributed by atoms with Gasteiger partial charge in [-0.1, -0.05) is 29.3 Å². The summed E-state index contributed by atoms with van der Waals surface area (Å²) in [7, 11) is 0. The van der Waals surface area contributed by atoms with Gasteiger partial charge in [-0.05, 0) is 25.1 Å². The molecule has 22 heavy (non-hydrogen) atoms. The lowest BCUT2D eigenvalue weighted by Gasteiger charge is -2.14. The summed E-state index contributed by atoms with van der Waals surface area (Å²) in [5.74, 6) is 0.588. The highest BCUT2D eigenvalue weighted by Crippen LogP contribution is 2.31. The highest BCUT2D eigenvalue weighted by Gasteiger charge is 2.14. The van der Waals surface area contributed by atoms with E-state index in [0.717, 1.165) is 0 Å². The third kappa shape index (κ3) is 4.16. The third-order valence-electron chi connectivity index (χ3n) is 2.95. The molecule has 1 atom stereocenters. The molecule has 2 rings (SSSR count). The number of aliphatic hydroxyl groups excluding tert-OH is 1. The van der Waals surface area contributed by atoms with Gasteiger partial charge in [0.2, 0.25) is 0 Å². The lowest BCUT2D eigenvalue weighted by molar-refractivity contribution is 0.0842. The number of halogens is 2. The van der Waals surface area contributed by atoms with E-state index in [9.17, 15) is 9.90 Å². The quantitative estimate of drug-likeness (QED) is 0.845. The van der Waals surface area contributed by atoms with Gasteiger partial charge in [0.15, 0.2) is 0 Å². The van der Waals surface area contributed by atoms with Crippen LogP contribution < -0.4 is 10.1 Å². The van der Waals surface area contributed by atoms with Gasteiger partial charge >= 0.3 is 0 Å². The summed E-state index contributed by atoms with van der Waals surface area (Å²) in [6.07, 6.45) is 0.552. The lowest BCUT2D eigenvalue weighted by atomic mass is 10.2. The molecule has 1 aromatic heterocycles. The number of hydrogen-bond acceptors (Lipinski definition) is 4. The maximum absolute atomic E-state index is 11.8. The average Bonchev–Trinajstić information content (AvgIpc) is 2.92. The molecular formula is C15H15Cl2NO4. The zero-order chi connectivity index (χ0) is 16.1. The maximum atomic E-state index is 11.8. The van der Waals surface area contributed by atoms with E-state index >= 15 is 0 Å². The Morgan fingerprint density at radius 2 is 2.18 bits per heavy atom. The van der Waals surface area contributed by atoms with E-state index in [4.69, 9.17) is 32.4 Å². The molecule has 0 aliphatic heterocycles. The molecule has 2 aromatic rings. The Bertz CT molecular complexity index is 657. The molecule has 0 spiro atoms.